The summed E-state index contributed by atoms with van der Waals surface area (Å²) in [6, 6.07) is 0. The second kappa shape index (κ2) is 6.34. The molecule has 2 fully saturated rings. The molecule has 1 atom stereocenters. The van der Waals surface area contributed by atoms with Crippen LogP contribution in [0.3, 0.4) is 0 Å². The zero-order valence-electron chi connectivity index (χ0n) is 11.0. The van der Waals surface area contributed by atoms with Gasteiger partial charge < -0.3 is 19.9 Å². The molecule has 2 rings (SSSR count). The summed E-state index contributed by atoms with van der Waals surface area (Å²) < 4.78 is 10.7. The van der Waals surface area contributed by atoms with Gasteiger partial charge in [0.15, 0.2) is 0 Å². The predicted molar refractivity (Wildman–Crippen MR) is 66.8 cm³/mol. The van der Waals surface area contributed by atoms with Crippen LogP contribution in [0.1, 0.15) is 38.5 Å². The number of carbonyl (C=O) groups is 2. The third kappa shape index (κ3) is 3.91. The quantitative estimate of drug-likeness (QED) is 0.786. The largest absolute Gasteiger partial charge is 0.481 e. The molecule has 0 saturated carbocycles. The summed E-state index contributed by atoms with van der Waals surface area (Å²) in [4.78, 5) is 23.2. The van der Waals surface area contributed by atoms with Gasteiger partial charge in [-0.05, 0) is 32.1 Å². The zero-order valence-corrected chi connectivity index (χ0v) is 11.0. The second-order valence-corrected chi connectivity index (χ2v) is 5.31. The van der Waals surface area contributed by atoms with Crippen LogP contribution in [-0.4, -0.2) is 48.4 Å². The van der Waals surface area contributed by atoms with E-state index in [4.69, 9.17) is 14.6 Å². The molecule has 1 amide bonds. The minimum Gasteiger partial charge on any atom is -0.481 e. The Labute approximate surface area is 112 Å². The van der Waals surface area contributed by atoms with Gasteiger partial charge in [0.1, 0.15) is 6.10 Å². The molecule has 6 heteroatoms. The van der Waals surface area contributed by atoms with E-state index in [2.05, 4.69) is 5.32 Å². The highest BCUT2D eigenvalue weighted by atomic mass is 16.5. The van der Waals surface area contributed by atoms with Gasteiger partial charge in [-0.15, -0.1) is 0 Å². The topological polar surface area (TPSA) is 84.9 Å². The van der Waals surface area contributed by atoms with E-state index in [1.807, 2.05) is 0 Å². The molecule has 1 unspecified atom stereocenters. The number of nitrogens with one attached hydrogen (secondary N) is 1. The third-order valence-corrected chi connectivity index (χ3v) is 3.80. The average Bonchev–Trinajstić information content (AvgIpc) is 2.39. The smallest absolute Gasteiger partial charge is 0.305 e. The van der Waals surface area contributed by atoms with Crippen molar-refractivity contribution < 1.29 is 24.2 Å². The van der Waals surface area contributed by atoms with Crippen molar-refractivity contribution in [2.45, 2.75) is 50.2 Å². The maximum atomic E-state index is 12.2. The molecule has 6 nitrogen and oxygen atoms in total. The Kier molecular flexibility index (Phi) is 4.76. The molecule has 2 aliphatic rings. The minimum atomic E-state index is -0.897. The second-order valence-electron chi connectivity index (χ2n) is 5.31. The van der Waals surface area contributed by atoms with Gasteiger partial charge in [0.25, 0.3) is 0 Å². The molecular formula is C13H21NO5. The fourth-order valence-electron chi connectivity index (χ4n) is 2.69. The molecule has 0 aromatic rings. The number of amides is 1. The first-order valence-electron chi connectivity index (χ1n) is 6.84. The van der Waals surface area contributed by atoms with Crippen molar-refractivity contribution in [3.05, 3.63) is 0 Å². The molecule has 108 valence electrons. The van der Waals surface area contributed by atoms with Gasteiger partial charge in [-0.1, -0.05) is 0 Å². The maximum Gasteiger partial charge on any atom is 0.305 e. The van der Waals surface area contributed by atoms with Gasteiger partial charge in [-0.25, -0.2) is 0 Å². The van der Waals surface area contributed by atoms with Crippen molar-refractivity contribution in [3.8, 4) is 0 Å². The summed E-state index contributed by atoms with van der Waals surface area (Å²) in [5, 5.41) is 11.9. The summed E-state index contributed by atoms with van der Waals surface area (Å²) in [5.41, 5.74) is -0.679. The van der Waals surface area contributed by atoms with Crippen LogP contribution >= 0.6 is 0 Å². The molecule has 2 N–H and O–H groups in total. The first-order chi connectivity index (χ1) is 9.11. The standard InChI is InChI=1S/C13H21NO5/c15-11(16)9-13(4-7-18-8-5-13)14-12(17)10-3-1-2-6-19-10/h10H,1-9H2,(H,14,17)(H,15,16). The highest BCUT2D eigenvalue weighted by molar-refractivity contribution is 5.82. The first-order valence-corrected chi connectivity index (χ1v) is 6.84. The van der Waals surface area contributed by atoms with E-state index in [0.29, 0.717) is 39.1 Å². The van der Waals surface area contributed by atoms with Crippen molar-refractivity contribution in [3.63, 3.8) is 0 Å². The highest BCUT2D eigenvalue weighted by Gasteiger charge is 2.38. The summed E-state index contributed by atoms with van der Waals surface area (Å²) in [6.07, 6.45) is 3.27. The number of carbonyl (C=O) groups excluding carboxylic acids is 1. The molecule has 2 aliphatic heterocycles. The Morgan fingerprint density at radius 2 is 1.95 bits per heavy atom. The molecule has 2 saturated heterocycles. The summed E-state index contributed by atoms with van der Waals surface area (Å²) >= 11 is 0. The van der Waals surface area contributed by atoms with Crippen LogP contribution in [0.15, 0.2) is 0 Å². The lowest BCUT2D eigenvalue weighted by Gasteiger charge is -2.38. The van der Waals surface area contributed by atoms with Crippen LogP contribution in [0.5, 0.6) is 0 Å². The Bertz CT molecular complexity index is 332. The fourth-order valence-corrected chi connectivity index (χ4v) is 2.69. The van der Waals surface area contributed by atoms with Crippen molar-refractivity contribution in [1.82, 2.24) is 5.32 Å². The van der Waals surface area contributed by atoms with E-state index in [-0.39, 0.29) is 12.3 Å². The monoisotopic (exact) mass is 271 g/mol. The van der Waals surface area contributed by atoms with E-state index in [9.17, 15) is 9.59 Å². The van der Waals surface area contributed by atoms with E-state index in [1.165, 1.54) is 0 Å². The summed E-state index contributed by atoms with van der Waals surface area (Å²) in [6.45, 7) is 1.57. The van der Waals surface area contributed by atoms with Crippen LogP contribution in [0.2, 0.25) is 0 Å². The minimum absolute atomic E-state index is 0.0607. The van der Waals surface area contributed by atoms with Crippen molar-refractivity contribution in [2.75, 3.05) is 19.8 Å². The lowest BCUT2D eigenvalue weighted by Crippen LogP contribution is -2.56. The summed E-state index contributed by atoms with van der Waals surface area (Å²) in [5.74, 6) is -1.07. The average molecular weight is 271 g/mol. The normalized spacial score (nSPS) is 26.6. The Morgan fingerprint density at radius 1 is 1.21 bits per heavy atom. The van der Waals surface area contributed by atoms with Crippen LogP contribution < -0.4 is 5.32 Å². The van der Waals surface area contributed by atoms with Crippen LogP contribution in [0, 0.1) is 0 Å². The van der Waals surface area contributed by atoms with Gasteiger partial charge in [0.05, 0.1) is 12.0 Å². The van der Waals surface area contributed by atoms with Crippen molar-refractivity contribution >= 4 is 11.9 Å². The highest BCUT2D eigenvalue weighted by Crippen LogP contribution is 2.25. The Balaban J connectivity index is 1.98. The lowest BCUT2D eigenvalue weighted by atomic mass is 9.86. The number of hydrogen-bond donors (Lipinski definition) is 2. The van der Waals surface area contributed by atoms with Crippen molar-refractivity contribution in [2.24, 2.45) is 0 Å². The first kappa shape index (κ1) is 14.3. The van der Waals surface area contributed by atoms with Crippen molar-refractivity contribution in [1.29, 1.82) is 0 Å². The third-order valence-electron chi connectivity index (χ3n) is 3.80. The molecule has 0 aromatic carbocycles. The van der Waals surface area contributed by atoms with Crippen LogP contribution in [0.4, 0.5) is 0 Å². The fraction of sp³-hybridized carbons (Fsp3) is 0.846. The lowest BCUT2D eigenvalue weighted by molar-refractivity contribution is -0.143. The molecule has 19 heavy (non-hydrogen) atoms. The zero-order chi connectivity index (χ0) is 13.7. The molecular weight excluding hydrogens is 250 g/mol. The SMILES string of the molecule is O=C(O)CC1(NC(=O)C2CCCCO2)CCOCC1. The molecule has 0 aliphatic carbocycles. The van der Waals surface area contributed by atoms with E-state index < -0.39 is 17.6 Å². The number of ether oxygens (including phenoxy) is 2. The number of carboxylic acids is 1. The van der Waals surface area contributed by atoms with Crippen LogP contribution in [0.25, 0.3) is 0 Å². The predicted octanol–water partition coefficient (Wildman–Crippen LogP) is 0.696. The van der Waals surface area contributed by atoms with Gasteiger partial charge in [-0.3, -0.25) is 9.59 Å². The number of carboxylic acid groups (broad SMARTS) is 1. The van der Waals surface area contributed by atoms with Crippen LogP contribution in [-0.2, 0) is 19.1 Å². The Hall–Kier alpha value is -1.14. The molecule has 2 heterocycles. The van der Waals surface area contributed by atoms with Gasteiger partial charge in [0, 0.05) is 19.8 Å². The summed E-state index contributed by atoms with van der Waals surface area (Å²) in [7, 11) is 0. The number of aliphatic carboxylic acids is 1. The van der Waals surface area contributed by atoms with E-state index in [1.54, 1.807) is 0 Å². The maximum absolute atomic E-state index is 12.2. The Morgan fingerprint density at radius 3 is 2.53 bits per heavy atom. The van der Waals surface area contributed by atoms with Gasteiger partial charge in [-0.2, -0.15) is 0 Å². The number of hydrogen-bond acceptors (Lipinski definition) is 4. The molecule has 0 bridgehead atoms. The molecule has 0 aromatic heterocycles. The van der Waals surface area contributed by atoms with E-state index in [0.717, 1.165) is 12.8 Å². The molecule has 0 spiro atoms. The van der Waals surface area contributed by atoms with Gasteiger partial charge >= 0.3 is 5.97 Å². The number of rotatable bonds is 4. The van der Waals surface area contributed by atoms with E-state index >= 15 is 0 Å². The van der Waals surface area contributed by atoms with Gasteiger partial charge in [0.2, 0.25) is 5.91 Å². The molecule has 0 radical (unpaired) electrons.